The molecule has 0 aliphatic rings. The van der Waals surface area contributed by atoms with Gasteiger partial charge in [0.25, 0.3) is 5.91 Å². The molecule has 0 aliphatic carbocycles. The molecule has 0 aromatic heterocycles. The van der Waals surface area contributed by atoms with Crippen LogP contribution in [0, 0.1) is 12.7 Å². The van der Waals surface area contributed by atoms with Gasteiger partial charge in [0.15, 0.2) is 0 Å². The molecule has 0 radical (unpaired) electrons. The molecule has 0 bridgehead atoms. The molecule has 0 saturated carbocycles. The quantitative estimate of drug-likeness (QED) is 0.907. The van der Waals surface area contributed by atoms with E-state index in [1.807, 2.05) is 6.92 Å². The summed E-state index contributed by atoms with van der Waals surface area (Å²) in [7, 11) is 0. The van der Waals surface area contributed by atoms with Gasteiger partial charge >= 0.3 is 0 Å². The van der Waals surface area contributed by atoms with Crippen LogP contribution in [0.4, 0.5) is 4.39 Å². The van der Waals surface area contributed by atoms with Gasteiger partial charge in [0, 0.05) is 11.6 Å². The van der Waals surface area contributed by atoms with Crippen molar-refractivity contribution in [2.45, 2.75) is 26.3 Å². The maximum Gasteiger partial charge on any atom is 0.251 e. The molecular weight excluding hydrogens is 269 g/mol. The molecule has 21 heavy (non-hydrogen) atoms. The second-order valence-corrected chi connectivity index (χ2v) is 5.20. The summed E-state index contributed by atoms with van der Waals surface area (Å²) in [5, 5.41) is 12.3. The van der Waals surface area contributed by atoms with Crippen LogP contribution >= 0.6 is 0 Å². The number of halogens is 1. The number of aryl methyl sites for hydroxylation is 1. The highest BCUT2D eigenvalue weighted by Gasteiger charge is 2.12. The molecule has 1 atom stereocenters. The van der Waals surface area contributed by atoms with Gasteiger partial charge in [-0.05, 0) is 61.7 Å². The Balaban J connectivity index is 2.00. The van der Waals surface area contributed by atoms with Gasteiger partial charge in [-0.2, -0.15) is 0 Å². The van der Waals surface area contributed by atoms with Crippen LogP contribution in [0.15, 0.2) is 42.5 Å². The molecule has 3 nitrogen and oxygen atoms in total. The lowest BCUT2D eigenvalue weighted by Gasteiger charge is -2.15. The van der Waals surface area contributed by atoms with Crippen LogP contribution in [-0.2, 0) is 6.42 Å². The zero-order valence-electron chi connectivity index (χ0n) is 12.1. The average molecular weight is 287 g/mol. The van der Waals surface area contributed by atoms with Crippen LogP contribution in [-0.4, -0.2) is 17.1 Å². The van der Waals surface area contributed by atoms with Crippen molar-refractivity contribution >= 4 is 5.91 Å². The standard InChI is InChI=1S/C17H18FNO2/c1-11-9-15(20)7-8-16(11)17(21)19-12(2)10-13-3-5-14(18)6-4-13/h3-9,12,20H,10H2,1-2H3,(H,19,21). The van der Waals surface area contributed by atoms with E-state index < -0.39 is 0 Å². The molecule has 0 saturated heterocycles. The van der Waals surface area contributed by atoms with Crippen LogP contribution in [0.25, 0.3) is 0 Å². The summed E-state index contributed by atoms with van der Waals surface area (Å²) in [5.41, 5.74) is 2.23. The summed E-state index contributed by atoms with van der Waals surface area (Å²) >= 11 is 0. The van der Waals surface area contributed by atoms with Gasteiger partial charge in [0.1, 0.15) is 11.6 Å². The molecule has 1 amide bonds. The maximum atomic E-state index is 12.8. The van der Waals surface area contributed by atoms with E-state index in [-0.39, 0.29) is 23.5 Å². The first kappa shape index (κ1) is 15.0. The van der Waals surface area contributed by atoms with Crippen molar-refractivity contribution in [3.63, 3.8) is 0 Å². The van der Waals surface area contributed by atoms with Gasteiger partial charge in [-0.3, -0.25) is 4.79 Å². The van der Waals surface area contributed by atoms with Gasteiger partial charge < -0.3 is 10.4 Å². The molecule has 0 aliphatic heterocycles. The first-order chi connectivity index (χ1) is 9.95. The van der Waals surface area contributed by atoms with Crippen LogP contribution in [0.2, 0.25) is 0 Å². The van der Waals surface area contributed by atoms with E-state index >= 15 is 0 Å². The number of aromatic hydroxyl groups is 1. The number of benzene rings is 2. The fraction of sp³-hybridized carbons (Fsp3) is 0.235. The Morgan fingerprint density at radius 1 is 1.24 bits per heavy atom. The van der Waals surface area contributed by atoms with E-state index in [0.29, 0.717) is 12.0 Å². The first-order valence-corrected chi connectivity index (χ1v) is 6.80. The Morgan fingerprint density at radius 2 is 1.90 bits per heavy atom. The number of hydrogen-bond acceptors (Lipinski definition) is 2. The minimum absolute atomic E-state index is 0.0730. The second kappa shape index (κ2) is 6.39. The monoisotopic (exact) mass is 287 g/mol. The van der Waals surface area contributed by atoms with Crippen molar-refractivity contribution in [3.8, 4) is 5.75 Å². The molecule has 0 fully saturated rings. The number of phenolic OH excluding ortho intramolecular Hbond substituents is 1. The normalized spacial score (nSPS) is 12.0. The SMILES string of the molecule is Cc1cc(O)ccc1C(=O)NC(C)Cc1ccc(F)cc1. The fourth-order valence-corrected chi connectivity index (χ4v) is 2.23. The minimum atomic E-state index is -0.268. The molecule has 110 valence electrons. The van der Waals surface area contributed by atoms with Gasteiger partial charge in [-0.15, -0.1) is 0 Å². The van der Waals surface area contributed by atoms with Crippen molar-refractivity contribution < 1.29 is 14.3 Å². The second-order valence-electron chi connectivity index (χ2n) is 5.20. The molecule has 2 aromatic carbocycles. The number of amides is 1. The van der Waals surface area contributed by atoms with Crippen molar-refractivity contribution in [1.82, 2.24) is 5.32 Å². The molecule has 4 heteroatoms. The number of carbonyl (C=O) groups excluding carboxylic acids is 1. The molecule has 2 N–H and O–H groups in total. The largest absolute Gasteiger partial charge is 0.508 e. The fourth-order valence-electron chi connectivity index (χ4n) is 2.23. The van der Waals surface area contributed by atoms with E-state index in [0.717, 1.165) is 11.1 Å². The Hall–Kier alpha value is -2.36. The average Bonchev–Trinajstić information content (AvgIpc) is 2.41. The number of rotatable bonds is 4. The van der Waals surface area contributed by atoms with Gasteiger partial charge in [-0.25, -0.2) is 4.39 Å². The topological polar surface area (TPSA) is 49.3 Å². The summed E-state index contributed by atoms with van der Waals surface area (Å²) in [5.74, 6) is -0.305. The zero-order chi connectivity index (χ0) is 15.4. The third kappa shape index (κ3) is 4.05. The molecule has 1 unspecified atom stereocenters. The Kier molecular flexibility index (Phi) is 4.58. The van der Waals surface area contributed by atoms with Crippen LogP contribution in [0.3, 0.4) is 0 Å². The highest BCUT2D eigenvalue weighted by atomic mass is 19.1. The van der Waals surface area contributed by atoms with E-state index in [1.54, 1.807) is 31.2 Å². The lowest BCUT2D eigenvalue weighted by atomic mass is 10.0. The Labute approximate surface area is 123 Å². The third-order valence-corrected chi connectivity index (χ3v) is 3.29. The maximum absolute atomic E-state index is 12.8. The smallest absolute Gasteiger partial charge is 0.251 e. The number of hydrogen-bond donors (Lipinski definition) is 2. The highest BCUT2D eigenvalue weighted by Crippen LogP contribution is 2.16. The lowest BCUT2D eigenvalue weighted by molar-refractivity contribution is 0.0939. The predicted octanol–water partition coefficient (Wildman–Crippen LogP) is 3.20. The molecule has 0 heterocycles. The number of carbonyl (C=O) groups is 1. The Morgan fingerprint density at radius 3 is 2.52 bits per heavy atom. The van der Waals surface area contributed by atoms with Crippen LogP contribution in [0.1, 0.15) is 28.4 Å². The van der Waals surface area contributed by atoms with E-state index in [1.165, 1.54) is 18.2 Å². The van der Waals surface area contributed by atoms with Crippen LogP contribution < -0.4 is 5.32 Å². The van der Waals surface area contributed by atoms with Gasteiger partial charge in [-0.1, -0.05) is 12.1 Å². The number of phenols is 1. The lowest BCUT2D eigenvalue weighted by Crippen LogP contribution is -2.34. The third-order valence-electron chi connectivity index (χ3n) is 3.29. The zero-order valence-corrected chi connectivity index (χ0v) is 12.1. The van der Waals surface area contributed by atoms with E-state index in [2.05, 4.69) is 5.32 Å². The first-order valence-electron chi connectivity index (χ1n) is 6.80. The summed E-state index contributed by atoms with van der Waals surface area (Å²) in [6.07, 6.45) is 0.628. The highest BCUT2D eigenvalue weighted by molar-refractivity contribution is 5.95. The van der Waals surface area contributed by atoms with Crippen molar-refractivity contribution in [3.05, 3.63) is 65.0 Å². The number of nitrogens with one attached hydrogen (secondary N) is 1. The summed E-state index contributed by atoms with van der Waals surface area (Å²) in [6, 6.07) is 10.8. The summed E-state index contributed by atoms with van der Waals surface area (Å²) < 4.78 is 12.8. The molecule has 2 rings (SSSR count). The van der Waals surface area contributed by atoms with Crippen molar-refractivity contribution in [1.29, 1.82) is 0 Å². The van der Waals surface area contributed by atoms with Crippen molar-refractivity contribution in [2.24, 2.45) is 0 Å². The van der Waals surface area contributed by atoms with Crippen molar-refractivity contribution in [2.75, 3.05) is 0 Å². The van der Waals surface area contributed by atoms with Gasteiger partial charge in [0.05, 0.1) is 0 Å². The van der Waals surface area contributed by atoms with Gasteiger partial charge in [0.2, 0.25) is 0 Å². The molecular formula is C17H18FNO2. The Bertz CT molecular complexity index is 638. The van der Waals surface area contributed by atoms with E-state index in [4.69, 9.17) is 0 Å². The van der Waals surface area contributed by atoms with E-state index in [9.17, 15) is 14.3 Å². The molecule has 0 spiro atoms. The summed E-state index contributed by atoms with van der Waals surface area (Å²) in [6.45, 7) is 3.68. The minimum Gasteiger partial charge on any atom is -0.508 e. The molecule has 2 aromatic rings. The summed E-state index contributed by atoms with van der Waals surface area (Å²) in [4.78, 5) is 12.2. The van der Waals surface area contributed by atoms with Crippen LogP contribution in [0.5, 0.6) is 5.75 Å². The predicted molar refractivity (Wildman–Crippen MR) is 79.9 cm³/mol.